The Kier molecular flexibility index (Phi) is 5.11. The summed E-state index contributed by atoms with van der Waals surface area (Å²) in [6, 6.07) is 6.74. The molecule has 3 nitrogen and oxygen atoms in total. The molecule has 0 aromatic heterocycles. The molecule has 18 heavy (non-hydrogen) atoms. The third-order valence-electron chi connectivity index (χ3n) is 2.86. The lowest BCUT2D eigenvalue weighted by molar-refractivity contribution is 0.451. The Balaban J connectivity index is 2.93. The molecule has 100 valence electrons. The van der Waals surface area contributed by atoms with E-state index in [-0.39, 0.29) is 12.0 Å². The Labute approximate surface area is 110 Å². The monoisotopic (exact) mass is 267 g/mol. The number of sulfonamides is 1. The van der Waals surface area contributed by atoms with Crippen LogP contribution in [0.1, 0.15) is 25.8 Å². The number of aryl methyl sites for hydroxylation is 1. The van der Waals surface area contributed by atoms with Crippen LogP contribution in [0.4, 0.5) is 0 Å². The maximum Gasteiger partial charge on any atom is 0.240 e. The molecular weight excluding hydrogens is 246 g/mol. The molecule has 1 aromatic carbocycles. The lowest BCUT2D eigenvalue weighted by Gasteiger charge is -2.20. The first-order valence-corrected chi connectivity index (χ1v) is 7.55. The molecule has 4 heteroatoms. The van der Waals surface area contributed by atoms with Crippen LogP contribution < -0.4 is 4.72 Å². The van der Waals surface area contributed by atoms with E-state index < -0.39 is 10.0 Å². The van der Waals surface area contributed by atoms with Crippen LogP contribution >= 0.6 is 0 Å². The summed E-state index contributed by atoms with van der Waals surface area (Å²) in [5.41, 5.74) is 1.04. The van der Waals surface area contributed by atoms with Crippen molar-refractivity contribution in [2.24, 2.45) is 5.92 Å². The average molecular weight is 267 g/mol. The summed E-state index contributed by atoms with van der Waals surface area (Å²) >= 11 is 0. The molecule has 1 atom stereocenters. The van der Waals surface area contributed by atoms with Crippen molar-refractivity contribution in [1.82, 2.24) is 4.72 Å². The molecule has 0 spiro atoms. The quantitative estimate of drug-likeness (QED) is 0.806. The molecule has 1 unspecified atom stereocenters. The number of rotatable bonds is 6. The van der Waals surface area contributed by atoms with E-state index in [1.54, 1.807) is 30.3 Å². The van der Waals surface area contributed by atoms with Gasteiger partial charge in [0.25, 0.3) is 0 Å². The molecule has 0 amide bonds. The van der Waals surface area contributed by atoms with Crippen LogP contribution in [0.3, 0.4) is 0 Å². The maximum absolute atomic E-state index is 12.2. The molecule has 0 bridgehead atoms. The SMILES string of the molecule is C=CCC(NS(=O)(=O)c1ccc(C)cc1)C(C)C. The zero-order valence-electron chi connectivity index (χ0n) is 11.2. The Morgan fingerprint density at radius 2 is 1.83 bits per heavy atom. The van der Waals surface area contributed by atoms with Gasteiger partial charge >= 0.3 is 0 Å². The van der Waals surface area contributed by atoms with Gasteiger partial charge in [0.15, 0.2) is 0 Å². The van der Waals surface area contributed by atoms with Gasteiger partial charge in [0, 0.05) is 6.04 Å². The van der Waals surface area contributed by atoms with Gasteiger partial charge < -0.3 is 0 Å². The number of hydrogen-bond donors (Lipinski definition) is 1. The third-order valence-corrected chi connectivity index (χ3v) is 4.37. The first-order chi connectivity index (χ1) is 8.36. The second-order valence-electron chi connectivity index (χ2n) is 4.81. The highest BCUT2D eigenvalue weighted by molar-refractivity contribution is 7.89. The van der Waals surface area contributed by atoms with Crippen molar-refractivity contribution in [3.05, 3.63) is 42.5 Å². The van der Waals surface area contributed by atoms with Gasteiger partial charge in [-0.1, -0.05) is 37.6 Å². The van der Waals surface area contributed by atoms with Gasteiger partial charge in [0.2, 0.25) is 10.0 Å². The van der Waals surface area contributed by atoms with Crippen LogP contribution in [0.15, 0.2) is 41.8 Å². The van der Waals surface area contributed by atoms with E-state index in [1.807, 2.05) is 20.8 Å². The van der Waals surface area contributed by atoms with E-state index in [4.69, 9.17) is 0 Å². The normalized spacial score (nSPS) is 13.6. The predicted octanol–water partition coefficient (Wildman–Crippen LogP) is 2.87. The van der Waals surface area contributed by atoms with Crippen LogP contribution in [0.25, 0.3) is 0 Å². The van der Waals surface area contributed by atoms with Crippen molar-refractivity contribution in [2.45, 2.75) is 38.1 Å². The Bertz CT molecular complexity index is 489. The fraction of sp³-hybridized carbons (Fsp3) is 0.429. The van der Waals surface area contributed by atoms with E-state index >= 15 is 0 Å². The molecule has 1 N–H and O–H groups in total. The first kappa shape index (κ1) is 14.9. The molecule has 0 radical (unpaired) electrons. The Hall–Kier alpha value is -1.13. The minimum absolute atomic E-state index is 0.117. The predicted molar refractivity (Wildman–Crippen MR) is 74.9 cm³/mol. The van der Waals surface area contributed by atoms with Crippen LogP contribution in [-0.4, -0.2) is 14.5 Å². The number of benzene rings is 1. The number of nitrogens with one attached hydrogen (secondary N) is 1. The van der Waals surface area contributed by atoms with E-state index in [0.717, 1.165) is 5.56 Å². The first-order valence-electron chi connectivity index (χ1n) is 6.06. The van der Waals surface area contributed by atoms with Gasteiger partial charge in [0.1, 0.15) is 0 Å². The summed E-state index contributed by atoms with van der Waals surface area (Å²) in [5.74, 6) is 0.225. The van der Waals surface area contributed by atoms with Crippen molar-refractivity contribution < 1.29 is 8.42 Å². The molecule has 0 aliphatic carbocycles. The molecule has 0 heterocycles. The molecule has 0 aliphatic heterocycles. The summed E-state index contributed by atoms with van der Waals surface area (Å²) in [7, 11) is -3.44. The molecule has 1 aromatic rings. The zero-order valence-corrected chi connectivity index (χ0v) is 12.0. The van der Waals surface area contributed by atoms with Crippen molar-refractivity contribution >= 4 is 10.0 Å². The minimum Gasteiger partial charge on any atom is -0.208 e. The molecule has 0 fully saturated rings. The van der Waals surface area contributed by atoms with Gasteiger partial charge in [-0.25, -0.2) is 13.1 Å². The van der Waals surface area contributed by atoms with Gasteiger partial charge in [-0.15, -0.1) is 6.58 Å². The highest BCUT2D eigenvalue weighted by Gasteiger charge is 2.21. The molecular formula is C14H21NO2S. The second kappa shape index (κ2) is 6.16. The third kappa shape index (κ3) is 3.96. The van der Waals surface area contributed by atoms with E-state index in [9.17, 15) is 8.42 Å². The molecule has 0 aliphatic rings. The fourth-order valence-corrected chi connectivity index (χ4v) is 3.02. The highest BCUT2D eigenvalue weighted by Crippen LogP contribution is 2.14. The van der Waals surface area contributed by atoms with Crippen molar-refractivity contribution in [3.63, 3.8) is 0 Å². The summed E-state index contributed by atoms with van der Waals surface area (Å²) in [6.07, 6.45) is 2.37. The van der Waals surface area contributed by atoms with Crippen LogP contribution in [-0.2, 0) is 10.0 Å². The summed E-state index contributed by atoms with van der Waals surface area (Å²) in [6.45, 7) is 9.58. The van der Waals surface area contributed by atoms with Gasteiger partial charge in [-0.2, -0.15) is 0 Å². The van der Waals surface area contributed by atoms with Crippen LogP contribution in [0, 0.1) is 12.8 Å². The number of hydrogen-bond acceptors (Lipinski definition) is 2. The van der Waals surface area contributed by atoms with Crippen molar-refractivity contribution in [1.29, 1.82) is 0 Å². The van der Waals surface area contributed by atoms with Crippen molar-refractivity contribution in [3.8, 4) is 0 Å². The topological polar surface area (TPSA) is 46.2 Å². The largest absolute Gasteiger partial charge is 0.240 e. The summed E-state index contributed by atoms with van der Waals surface area (Å²) < 4.78 is 27.1. The molecule has 1 rings (SSSR count). The zero-order chi connectivity index (χ0) is 13.8. The summed E-state index contributed by atoms with van der Waals surface area (Å²) in [5, 5.41) is 0. The van der Waals surface area contributed by atoms with E-state index in [2.05, 4.69) is 11.3 Å². The molecule has 0 saturated heterocycles. The fourth-order valence-electron chi connectivity index (χ4n) is 1.62. The van der Waals surface area contributed by atoms with Crippen LogP contribution in [0.5, 0.6) is 0 Å². The maximum atomic E-state index is 12.2. The molecule has 0 saturated carbocycles. The highest BCUT2D eigenvalue weighted by atomic mass is 32.2. The lowest BCUT2D eigenvalue weighted by atomic mass is 10.0. The van der Waals surface area contributed by atoms with Crippen molar-refractivity contribution in [2.75, 3.05) is 0 Å². The second-order valence-corrected chi connectivity index (χ2v) is 6.52. The standard InChI is InChI=1S/C14H21NO2S/c1-5-6-14(11(2)3)15-18(16,17)13-9-7-12(4)8-10-13/h5,7-11,14-15H,1,6H2,2-4H3. The van der Waals surface area contributed by atoms with Gasteiger partial charge in [0.05, 0.1) is 4.90 Å². The Morgan fingerprint density at radius 3 is 2.28 bits per heavy atom. The lowest BCUT2D eigenvalue weighted by Crippen LogP contribution is -2.38. The van der Waals surface area contributed by atoms with Gasteiger partial charge in [-0.05, 0) is 31.4 Å². The minimum atomic E-state index is -3.44. The van der Waals surface area contributed by atoms with E-state index in [0.29, 0.717) is 11.3 Å². The van der Waals surface area contributed by atoms with Crippen LogP contribution in [0.2, 0.25) is 0 Å². The Morgan fingerprint density at radius 1 is 1.28 bits per heavy atom. The van der Waals surface area contributed by atoms with E-state index in [1.165, 1.54) is 0 Å². The van der Waals surface area contributed by atoms with Gasteiger partial charge in [-0.3, -0.25) is 0 Å². The smallest absolute Gasteiger partial charge is 0.208 e. The summed E-state index contributed by atoms with van der Waals surface area (Å²) in [4.78, 5) is 0.308. The average Bonchev–Trinajstić information content (AvgIpc) is 2.28.